The Morgan fingerprint density at radius 1 is 1.15 bits per heavy atom. The van der Waals surface area contributed by atoms with E-state index in [1.54, 1.807) is 6.08 Å². The summed E-state index contributed by atoms with van der Waals surface area (Å²) in [7, 11) is 0. The van der Waals surface area contributed by atoms with Gasteiger partial charge in [-0.15, -0.1) is 0 Å². The van der Waals surface area contributed by atoms with Crippen LogP contribution in [0.25, 0.3) is 0 Å². The number of hydrogen-bond donors (Lipinski definition) is 0. The van der Waals surface area contributed by atoms with E-state index in [0.29, 0.717) is 0 Å². The predicted molar refractivity (Wildman–Crippen MR) is 57.4 cm³/mol. The van der Waals surface area contributed by atoms with Gasteiger partial charge in [-0.2, -0.15) is 0 Å². The molecule has 1 heteroatoms. The fraction of sp³-hybridized carbons (Fsp3) is 0.750. The average molecular weight is 181 g/mol. The van der Waals surface area contributed by atoms with Crippen molar-refractivity contribution in [3.05, 3.63) is 11.6 Å². The van der Waals surface area contributed by atoms with Gasteiger partial charge in [-0.05, 0) is 25.3 Å². The van der Waals surface area contributed by atoms with Crippen LogP contribution < -0.4 is 0 Å². The summed E-state index contributed by atoms with van der Waals surface area (Å²) in [5.41, 5.74) is 1.24. The van der Waals surface area contributed by atoms with Crippen molar-refractivity contribution in [3.63, 3.8) is 0 Å². The summed E-state index contributed by atoms with van der Waals surface area (Å²) >= 11 is 0. The number of allylic oxidation sites excluding steroid dienone is 2. The minimum atomic E-state index is 0.989. The maximum absolute atomic E-state index is 10.1. The zero-order valence-electron chi connectivity index (χ0n) is 8.94. The van der Waals surface area contributed by atoms with Gasteiger partial charge in [-0.25, -0.2) is 0 Å². The Balaban J connectivity index is 3.38. The molecule has 0 bridgehead atoms. The normalized spacial score (nSPS) is 11.7. The highest BCUT2D eigenvalue weighted by Gasteiger charge is 1.94. The monoisotopic (exact) mass is 181 g/mol. The van der Waals surface area contributed by atoms with Crippen LogP contribution in [0.5, 0.6) is 0 Å². The van der Waals surface area contributed by atoms with Gasteiger partial charge >= 0.3 is 0 Å². The van der Waals surface area contributed by atoms with Crippen molar-refractivity contribution in [1.82, 2.24) is 0 Å². The lowest BCUT2D eigenvalue weighted by atomic mass is 10.0. The molecule has 0 rings (SSSR count). The van der Waals surface area contributed by atoms with Gasteiger partial charge in [0.15, 0.2) is 0 Å². The highest BCUT2D eigenvalue weighted by atomic mass is 16.1. The molecule has 0 spiro atoms. The molecule has 0 saturated heterocycles. The Kier molecular flexibility index (Phi) is 9.07. The van der Waals surface area contributed by atoms with Crippen molar-refractivity contribution in [1.29, 1.82) is 0 Å². The van der Waals surface area contributed by atoms with Crippen LogP contribution in [0.15, 0.2) is 11.6 Å². The molecule has 0 aliphatic heterocycles. The fourth-order valence-electron chi connectivity index (χ4n) is 1.39. The minimum absolute atomic E-state index is 0.989. The van der Waals surface area contributed by atoms with Crippen LogP contribution >= 0.6 is 0 Å². The summed E-state index contributed by atoms with van der Waals surface area (Å²) in [6.07, 6.45) is 12.0. The largest absolute Gasteiger partial charge is 0.286 e. The Morgan fingerprint density at radius 2 is 1.85 bits per heavy atom. The van der Waals surface area contributed by atoms with E-state index in [4.69, 9.17) is 0 Å². The van der Waals surface area contributed by atoms with Gasteiger partial charge in [0.1, 0.15) is 0 Å². The number of rotatable bonds is 8. The molecule has 0 heterocycles. The van der Waals surface area contributed by atoms with Gasteiger partial charge in [0.2, 0.25) is 6.29 Å². The zero-order chi connectivity index (χ0) is 9.94. The van der Waals surface area contributed by atoms with Crippen molar-refractivity contribution < 1.29 is 4.79 Å². The van der Waals surface area contributed by atoms with E-state index in [0.717, 1.165) is 12.8 Å². The lowest BCUT2D eigenvalue weighted by molar-refractivity contribution is 0.563. The van der Waals surface area contributed by atoms with E-state index >= 15 is 0 Å². The molecule has 0 saturated carbocycles. The standard InChI is InChI=1S/C12H21O/c1-3-5-6-7-8-9-12(4-2)10-11-13/h10H,3-9H2,1-2H3/b12-10+. The van der Waals surface area contributed by atoms with Gasteiger partial charge in [-0.3, -0.25) is 4.79 Å². The van der Waals surface area contributed by atoms with Crippen molar-refractivity contribution >= 4 is 6.29 Å². The van der Waals surface area contributed by atoms with Gasteiger partial charge in [0.05, 0.1) is 0 Å². The van der Waals surface area contributed by atoms with Crippen LogP contribution in [0.2, 0.25) is 0 Å². The molecule has 0 amide bonds. The van der Waals surface area contributed by atoms with E-state index in [1.807, 2.05) is 6.29 Å². The van der Waals surface area contributed by atoms with Crippen molar-refractivity contribution in [2.75, 3.05) is 0 Å². The molecule has 75 valence electrons. The molecule has 0 aliphatic rings. The van der Waals surface area contributed by atoms with Crippen molar-refractivity contribution in [2.45, 2.75) is 58.8 Å². The van der Waals surface area contributed by atoms with Crippen LogP contribution in [-0.4, -0.2) is 6.29 Å². The lowest BCUT2D eigenvalue weighted by Crippen LogP contribution is -1.84. The minimum Gasteiger partial charge on any atom is -0.286 e. The Morgan fingerprint density at radius 3 is 2.38 bits per heavy atom. The molecule has 0 aliphatic carbocycles. The summed E-state index contributed by atoms with van der Waals surface area (Å²) in [6, 6.07) is 0. The van der Waals surface area contributed by atoms with Crippen LogP contribution in [0.3, 0.4) is 0 Å². The second-order valence-electron chi connectivity index (χ2n) is 3.44. The van der Waals surface area contributed by atoms with Crippen LogP contribution in [0, 0.1) is 0 Å². The highest BCUT2D eigenvalue weighted by molar-refractivity contribution is 5.66. The topological polar surface area (TPSA) is 17.1 Å². The second kappa shape index (κ2) is 9.50. The zero-order valence-corrected chi connectivity index (χ0v) is 8.94. The smallest absolute Gasteiger partial charge is 0.225 e. The third-order valence-electron chi connectivity index (χ3n) is 2.32. The average Bonchev–Trinajstić information content (AvgIpc) is 2.16. The quantitative estimate of drug-likeness (QED) is 0.411. The first-order valence-corrected chi connectivity index (χ1v) is 5.40. The molecule has 0 fully saturated rings. The predicted octanol–water partition coefficient (Wildman–Crippen LogP) is 3.79. The summed E-state index contributed by atoms with van der Waals surface area (Å²) in [5.74, 6) is 0. The fourth-order valence-corrected chi connectivity index (χ4v) is 1.39. The highest BCUT2D eigenvalue weighted by Crippen LogP contribution is 2.12. The number of carbonyl (C=O) groups excluding carboxylic acids is 1. The number of hydrogen-bond acceptors (Lipinski definition) is 1. The van der Waals surface area contributed by atoms with Gasteiger partial charge in [-0.1, -0.05) is 45.1 Å². The van der Waals surface area contributed by atoms with E-state index < -0.39 is 0 Å². The van der Waals surface area contributed by atoms with Gasteiger partial charge in [0.25, 0.3) is 0 Å². The Hall–Kier alpha value is -0.590. The van der Waals surface area contributed by atoms with E-state index in [1.165, 1.54) is 37.7 Å². The number of unbranched alkanes of at least 4 members (excludes halogenated alkanes) is 4. The first kappa shape index (κ1) is 12.4. The van der Waals surface area contributed by atoms with Gasteiger partial charge in [0, 0.05) is 0 Å². The first-order chi connectivity index (χ1) is 6.35. The summed E-state index contributed by atoms with van der Waals surface area (Å²) < 4.78 is 0. The maximum atomic E-state index is 10.1. The van der Waals surface area contributed by atoms with Crippen molar-refractivity contribution in [2.24, 2.45) is 0 Å². The van der Waals surface area contributed by atoms with E-state index in [9.17, 15) is 4.79 Å². The molecule has 0 aromatic rings. The third-order valence-corrected chi connectivity index (χ3v) is 2.32. The Bertz CT molecular complexity index is 147. The van der Waals surface area contributed by atoms with E-state index in [-0.39, 0.29) is 0 Å². The van der Waals surface area contributed by atoms with Crippen molar-refractivity contribution in [3.8, 4) is 0 Å². The molecular formula is C12H21O. The second-order valence-corrected chi connectivity index (χ2v) is 3.44. The molecule has 0 unspecified atom stereocenters. The van der Waals surface area contributed by atoms with Crippen LogP contribution in [0.4, 0.5) is 0 Å². The van der Waals surface area contributed by atoms with Crippen LogP contribution in [0.1, 0.15) is 58.8 Å². The summed E-state index contributed by atoms with van der Waals surface area (Å²) in [5, 5.41) is 0. The molecular weight excluding hydrogens is 160 g/mol. The molecule has 0 aromatic heterocycles. The molecule has 1 nitrogen and oxygen atoms in total. The Labute approximate surface area is 82.2 Å². The molecule has 1 radical (unpaired) electrons. The third kappa shape index (κ3) is 7.76. The lowest BCUT2D eigenvalue weighted by Gasteiger charge is -2.02. The van der Waals surface area contributed by atoms with Gasteiger partial charge < -0.3 is 0 Å². The molecule has 0 atom stereocenters. The molecule has 0 N–H and O–H groups in total. The van der Waals surface area contributed by atoms with E-state index in [2.05, 4.69) is 13.8 Å². The van der Waals surface area contributed by atoms with Crippen LogP contribution in [-0.2, 0) is 4.79 Å². The first-order valence-electron chi connectivity index (χ1n) is 5.40. The maximum Gasteiger partial charge on any atom is 0.225 e. The summed E-state index contributed by atoms with van der Waals surface area (Å²) in [4.78, 5) is 10.1. The molecule has 0 aromatic carbocycles. The molecule has 13 heavy (non-hydrogen) atoms. The summed E-state index contributed by atoms with van der Waals surface area (Å²) in [6.45, 7) is 4.31. The SMILES string of the molecule is CCCCCCC/C(=C/[C]=O)CC.